The van der Waals surface area contributed by atoms with Crippen LogP contribution in [0.3, 0.4) is 0 Å². The number of hydrogen-bond acceptors (Lipinski definition) is 3. The van der Waals surface area contributed by atoms with Gasteiger partial charge >= 0.3 is 225 Å². The van der Waals surface area contributed by atoms with Crippen LogP contribution in [-0.4, -0.2) is 35.2 Å². The number of nitrogens with zero attached hydrogens (tertiary/aromatic N) is 3. The van der Waals surface area contributed by atoms with Gasteiger partial charge in [-0.1, -0.05) is 0 Å². The Morgan fingerprint density at radius 3 is 0.865 bits per heavy atom. The molecule has 0 aliphatic rings. The second-order valence-electron chi connectivity index (χ2n) is 8.62. The van der Waals surface area contributed by atoms with E-state index in [0.717, 1.165) is 33.8 Å². The normalized spacial score (nSPS) is 10.9. The van der Waals surface area contributed by atoms with Crippen molar-refractivity contribution in [2.75, 3.05) is 0 Å². The molecular formula is C33H24N3Sb. The van der Waals surface area contributed by atoms with Crippen molar-refractivity contribution in [1.29, 1.82) is 0 Å². The minimum absolute atomic E-state index is 0.997. The van der Waals surface area contributed by atoms with E-state index in [1.54, 1.807) is 0 Å². The first-order valence-electron chi connectivity index (χ1n) is 12.2. The SMILES string of the molecule is c1ccc(-c2cc[c]([Sb]([c]3ccc(-c4ccccn4)cc3)[c]3ccc(-c4ccccn4)cc3)cc2)nc1. The zero-order valence-corrected chi connectivity index (χ0v) is 22.7. The van der Waals surface area contributed by atoms with Gasteiger partial charge in [0.1, 0.15) is 0 Å². The average Bonchev–Trinajstić information content (AvgIpc) is 3.00. The molecule has 37 heavy (non-hydrogen) atoms. The summed E-state index contributed by atoms with van der Waals surface area (Å²) in [5.41, 5.74) is 6.41. The Morgan fingerprint density at radius 2 is 0.622 bits per heavy atom. The zero-order chi connectivity index (χ0) is 24.9. The van der Waals surface area contributed by atoms with Crippen LogP contribution in [0.5, 0.6) is 0 Å². The fraction of sp³-hybridized carbons (Fsp3) is 0. The van der Waals surface area contributed by atoms with Gasteiger partial charge in [-0.05, 0) is 0 Å². The van der Waals surface area contributed by atoms with Gasteiger partial charge in [-0.3, -0.25) is 0 Å². The molecule has 3 nitrogen and oxygen atoms in total. The quantitative estimate of drug-likeness (QED) is 0.247. The Kier molecular flexibility index (Phi) is 6.88. The van der Waals surface area contributed by atoms with Gasteiger partial charge < -0.3 is 0 Å². The van der Waals surface area contributed by atoms with Gasteiger partial charge in [-0.25, -0.2) is 0 Å². The van der Waals surface area contributed by atoms with Crippen LogP contribution in [0.2, 0.25) is 0 Å². The average molecular weight is 584 g/mol. The molecule has 0 N–H and O–H groups in total. The number of hydrogen-bond donors (Lipinski definition) is 0. The van der Waals surface area contributed by atoms with Crippen molar-refractivity contribution < 1.29 is 0 Å². The van der Waals surface area contributed by atoms with Crippen molar-refractivity contribution in [2.45, 2.75) is 0 Å². The molecule has 176 valence electrons. The van der Waals surface area contributed by atoms with Crippen molar-refractivity contribution >= 4 is 30.7 Å². The van der Waals surface area contributed by atoms with Gasteiger partial charge in [0.2, 0.25) is 0 Å². The van der Waals surface area contributed by atoms with Crippen molar-refractivity contribution in [2.24, 2.45) is 0 Å². The Bertz CT molecular complexity index is 1370. The molecule has 4 heteroatoms. The molecule has 3 heterocycles. The Morgan fingerprint density at radius 1 is 0.324 bits per heavy atom. The molecule has 0 bridgehead atoms. The standard InChI is InChI=1S/3C11H8N.Sb/c3*1-2-6-10(7-3-1)11-8-4-5-9-12-11;/h3*2-9H;. The van der Waals surface area contributed by atoms with Crippen LogP contribution in [0, 0.1) is 0 Å². The fourth-order valence-electron chi connectivity index (χ4n) is 4.39. The molecular weight excluding hydrogens is 560 g/mol. The van der Waals surface area contributed by atoms with Gasteiger partial charge in [-0.15, -0.1) is 0 Å². The number of pyridine rings is 3. The molecule has 0 aliphatic carbocycles. The van der Waals surface area contributed by atoms with E-state index in [1.807, 2.05) is 55.0 Å². The van der Waals surface area contributed by atoms with Crippen molar-refractivity contribution in [3.63, 3.8) is 0 Å². The molecule has 3 aromatic carbocycles. The molecule has 0 fully saturated rings. The summed E-state index contributed by atoms with van der Waals surface area (Å²) in [6.07, 6.45) is 5.53. The van der Waals surface area contributed by atoms with Crippen molar-refractivity contribution in [3.05, 3.63) is 146 Å². The van der Waals surface area contributed by atoms with Gasteiger partial charge in [0, 0.05) is 0 Å². The topological polar surface area (TPSA) is 38.7 Å². The number of aromatic nitrogens is 3. The Hall–Kier alpha value is -4.07. The number of benzene rings is 3. The third kappa shape index (κ3) is 5.23. The van der Waals surface area contributed by atoms with E-state index >= 15 is 0 Å². The second kappa shape index (κ2) is 10.9. The van der Waals surface area contributed by atoms with Crippen LogP contribution in [-0.2, 0) is 0 Å². The molecule has 6 aromatic rings. The van der Waals surface area contributed by atoms with Gasteiger partial charge in [0.25, 0.3) is 0 Å². The first kappa shape index (κ1) is 23.3. The molecule has 0 spiro atoms. The summed E-state index contributed by atoms with van der Waals surface area (Å²) in [7, 11) is 0. The molecule has 0 aliphatic heterocycles. The predicted octanol–water partition coefficient (Wildman–Crippen LogP) is 5.39. The molecule has 0 saturated carbocycles. The van der Waals surface area contributed by atoms with Crippen LogP contribution in [0.1, 0.15) is 0 Å². The van der Waals surface area contributed by atoms with E-state index < -0.39 is 20.2 Å². The van der Waals surface area contributed by atoms with Crippen LogP contribution in [0.15, 0.2) is 146 Å². The molecule has 0 radical (unpaired) electrons. The second-order valence-corrected chi connectivity index (χ2v) is 15.0. The summed E-state index contributed by atoms with van der Waals surface area (Å²) in [5, 5.41) is 0. The van der Waals surface area contributed by atoms with Crippen molar-refractivity contribution in [1.82, 2.24) is 15.0 Å². The maximum atomic E-state index is 4.52. The van der Waals surface area contributed by atoms with Crippen molar-refractivity contribution in [3.8, 4) is 33.8 Å². The summed E-state index contributed by atoms with van der Waals surface area (Å²) in [5.74, 6) is 0. The Labute approximate surface area is 224 Å². The van der Waals surface area contributed by atoms with E-state index in [0.29, 0.717) is 0 Å². The first-order chi connectivity index (χ1) is 18.3. The Balaban J connectivity index is 1.38. The summed E-state index contributed by atoms with van der Waals surface area (Å²) in [4.78, 5) is 13.6. The van der Waals surface area contributed by atoms with E-state index in [9.17, 15) is 0 Å². The van der Waals surface area contributed by atoms with Crippen LogP contribution < -0.4 is 10.5 Å². The van der Waals surface area contributed by atoms with Crippen LogP contribution in [0.25, 0.3) is 33.8 Å². The van der Waals surface area contributed by atoms with Gasteiger partial charge in [0.15, 0.2) is 0 Å². The van der Waals surface area contributed by atoms with E-state index in [-0.39, 0.29) is 0 Å². The summed E-state index contributed by atoms with van der Waals surface area (Å²) < 4.78 is 4.25. The third-order valence-electron chi connectivity index (χ3n) is 6.26. The van der Waals surface area contributed by atoms with E-state index in [2.05, 4.69) is 106 Å². The zero-order valence-electron chi connectivity index (χ0n) is 20.1. The molecule has 0 saturated heterocycles. The number of rotatable bonds is 6. The fourth-order valence-corrected chi connectivity index (χ4v) is 10.8. The third-order valence-corrected chi connectivity index (χ3v) is 13.2. The van der Waals surface area contributed by atoms with E-state index in [1.165, 1.54) is 10.5 Å². The van der Waals surface area contributed by atoms with Crippen LogP contribution in [0.4, 0.5) is 0 Å². The van der Waals surface area contributed by atoms with Crippen LogP contribution >= 0.6 is 0 Å². The molecule has 0 amide bonds. The molecule has 3 aromatic heterocycles. The van der Waals surface area contributed by atoms with Gasteiger partial charge in [-0.2, -0.15) is 0 Å². The minimum atomic E-state index is -2.29. The molecule has 6 rings (SSSR count). The maximum absolute atomic E-state index is 4.52. The monoisotopic (exact) mass is 583 g/mol. The van der Waals surface area contributed by atoms with E-state index in [4.69, 9.17) is 0 Å². The summed E-state index contributed by atoms with van der Waals surface area (Å²) >= 11 is -2.29. The molecule has 0 unspecified atom stereocenters. The first-order valence-corrected chi connectivity index (χ1v) is 16.0. The predicted molar refractivity (Wildman–Crippen MR) is 154 cm³/mol. The summed E-state index contributed by atoms with van der Waals surface area (Å²) in [6, 6.07) is 45.1. The summed E-state index contributed by atoms with van der Waals surface area (Å²) in [6.45, 7) is 0. The molecule has 0 atom stereocenters. The van der Waals surface area contributed by atoms with Gasteiger partial charge in [0.05, 0.1) is 0 Å².